The molecule has 1 atom stereocenters. The molecule has 1 aliphatic rings. The van der Waals surface area contributed by atoms with Gasteiger partial charge in [0.05, 0.1) is 6.54 Å². The first-order valence-electron chi connectivity index (χ1n) is 8.18. The highest BCUT2D eigenvalue weighted by Gasteiger charge is 2.28. The summed E-state index contributed by atoms with van der Waals surface area (Å²) < 4.78 is 0. The molecule has 9 heteroatoms. The molecule has 0 aromatic rings. The molecular formula is C15H27N3O6. The lowest BCUT2D eigenvalue weighted by molar-refractivity contribution is -0.145. The van der Waals surface area contributed by atoms with Crippen LogP contribution in [-0.4, -0.2) is 106 Å². The maximum absolute atomic E-state index is 11.5. The number of hydrogen-bond donors (Lipinski definition) is 3. The molecule has 1 rings (SSSR count). The minimum atomic E-state index is -1.04. The number of carbonyl (C=O) groups is 3. The van der Waals surface area contributed by atoms with Crippen molar-refractivity contribution in [1.29, 1.82) is 0 Å². The Morgan fingerprint density at radius 1 is 0.875 bits per heavy atom. The summed E-state index contributed by atoms with van der Waals surface area (Å²) in [6, 6.07) is -0.871. The Kier molecular flexibility index (Phi) is 8.66. The van der Waals surface area contributed by atoms with Gasteiger partial charge in [-0.2, -0.15) is 0 Å². The van der Waals surface area contributed by atoms with E-state index in [9.17, 15) is 19.5 Å². The van der Waals surface area contributed by atoms with Gasteiger partial charge >= 0.3 is 17.9 Å². The molecule has 3 N–H and O–H groups in total. The fourth-order valence-corrected chi connectivity index (χ4v) is 2.86. The van der Waals surface area contributed by atoms with Crippen molar-refractivity contribution < 1.29 is 29.7 Å². The summed E-state index contributed by atoms with van der Waals surface area (Å²) in [5.41, 5.74) is 0. The second kappa shape index (κ2) is 10.2. The number of aliphatic carboxylic acids is 3. The third kappa shape index (κ3) is 7.24. The molecule has 1 unspecified atom stereocenters. The van der Waals surface area contributed by atoms with E-state index >= 15 is 0 Å². The smallest absolute Gasteiger partial charge is 0.320 e. The van der Waals surface area contributed by atoms with E-state index in [-0.39, 0.29) is 19.4 Å². The van der Waals surface area contributed by atoms with Crippen molar-refractivity contribution in [3.8, 4) is 0 Å². The van der Waals surface area contributed by atoms with Gasteiger partial charge in [0.25, 0.3) is 0 Å². The molecule has 0 radical (unpaired) electrons. The van der Waals surface area contributed by atoms with Gasteiger partial charge in [0.1, 0.15) is 6.04 Å². The second-order valence-electron chi connectivity index (χ2n) is 5.93. The van der Waals surface area contributed by atoms with Crippen LogP contribution < -0.4 is 0 Å². The molecule has 0 bridgehead atoms. The predicted molar refractivity (Wildman–Crippen MR) is 86.1 cm³/mol. The molecule has 1 aliphatic heterocycles. The monoisotopic (exact) mass is 345 g/mol. The number of carboxylic acid groups (broad SMARTS) is 3. The van der Waals surface area contributed by atoms with Crippen LogP contribution in [0.5, 0.6) is 0 Å². The lowest BCUT2D eigenvalue weighted by atomic mass is 10.1. The van der Waals surface area contributed by atoms with Crippen LogP contribution in [0.1, 0.15) is 19.8 Å². The lowest BCUT2D eigenvalue weighted by Gasteiger charge is -2.30. The predicted octanol–water partition coefficient (Wildman–Crippen LogP) is -0.671. The molecule has 0 saturated carbocycles. The number of likely N-dealkylation sites (N-methyl/N-ethyl adjacent to an activating group) is 1. The Morgan fingerprint density at radius 3 is 1.92 bits per heavy atom. The molecule has 1 saturated heterocycles. The van der Waals surface area contributed by atoms with Crippen LogP contribution in [0.3, 0.4) is 0 Å². The van der Waals surface area contributed by atoms with Crippen molar-refractivity contribution in [2.24, 2.45) is 0 Å². The zero-order chi connectivity index (χ0) is 18.1. The highest BCUT2D eigenvalue weighted by molar-refractivity contribution is 5.75. The summed E-state index contributed by atoms with van der Waals surface area (Å²) in [7, 11) is 0. The van der Waals surface area contributed by atoms with Gasteiger partial charge in [0, 0.05) is 45.7 Å². The first kappa shape index (κ1) is 20.3. The van der Waals surface area contributed by atoms with Gasteiger partial charge < -0.3 is 20.2 Å². The number of nitrogens with zero attached hydrogens (tertiary/aromatic N) is 3. The third-order valence-electron chi connectivity index (χ3n) is 4.30. The summed E-state index contributed by atoms with van der Waals surface area (Å²) in [5.74, 6) is -2.97. The summed E-state index contributed by atoms with van der Waals surface area (Å²) in [4.78, 5) is 39.0. The Bertz CT molecular complexity index is 445. The fourth-order valence-electron chi connectivity index (χ4n) is 2.86. The topological polar surface area (TPSA) is 122 Å². The molecule has 1 fully saturated rings. The summed E-state index contributed by atoms with van der Waals surface area (Å²) in [5, 5.41) is 27.3. The van der Waals surface area contributed by atoms with E-state index in [1.54, 1.807) is 9.80 Å². The van der Waals surface area contributed by atoms with Crippen molar-refractivity contribution in [2.45, 2.75) is 25.8 Å². The van der Waals surface area contributed by atoms with Crippen LogP contribution in [0, 0.1) is 0 Å². The Balaban J connectivity index is 2.82. The maximum atomic E-state index is 11.5. The van der Waals surface area contributed by atoms with Crippen LogP contribution in [0.4, 0.5) is 0 Å². The van der Waals surface area contributed by atoms with Crippen LogP contribution in [0.15, 0.2) is 0 Å². The van der Waals surface area contributed by atoms with E-state index < -0.39 is 23.9 Å². The maximum Gasteiger partial charge on any atom is 0.320 e. The van der Waals surface area contributed by atoms with Crippen molar-refractivity contribution in [2.75, 3.05) is 52.4 Å². The number of carboxylic acids is 3. The fraction of sp³-hybridized carbons (Fsp3) is 0.800. The summed E-state index contributed by atoms with van der Waals surface area (Å²) >= 11 is 0. The van der Waals surface area contributed by atoms with Crippen LogP contribution in [0.2, 0.25) is 0 Å². The van der Waals surface area contributed by atoms with Gasteiger partial charge in [-0.3, -0.25) is 24.2 Å². The molecule has 24 heavy (non-hydrogen) atoms. The van der Waals surface area contributed by atoms with E-state index in [2.05, 4.69) is 4.90 Å². The normalized spacial score (nSPS) is 19.9. The minimum absolute atomic E-state index is 0.0374. The molecule has 0 aromatic carbocycles. The third-order valence-corrected chi connectivity index (χ3v) is 4.30. The summed E-state index contributed by atoms with van der Waals surface area (Å²) in [6.07, 6.45) is -0.167. The van der Waals surface area contributed by atoms with E-state index in [1.807, 2.05) is 6.92 Å². The van der Waals surface area contributed by atoms with Gasteiger partial charge in [-0.25, -0.2) is 0 Å². The van der Waals surface area contributed by atoms with Gasteiger partial charge in [0.2, 0.25) is 0 Å². The average molecular weight is 345 g/mol. The SMILES string of the molecule is CCN1CCN(CC(=O)O)CCN(C(CCC(=O)O)C(=O)O)CC1. The highest BCUT2D eigenvalue weighted by Crippen LogP contribution is 2.10. The molecular weight excluding hydrogens is 318 g/mol. The molecule has 9 nitrogen and oxygen atoms in total. The van der Waals surface area contributed by atoms with Crippen molar-refractivity contribution in [1.82, 2.24) is 14.7 Å². The molecule has 138 valence electrons. The van der Waals surface area contributed by atoms with Crippen molar-refractivity contribution in [3.05, 3.63) is 0 Å². The quantitative estimate of drug-likeness (QED) is 0.525. The number of rotatable bonds is 8. The van der Waals surface area contributed by atoms with E-state index in [0.717, 1.165) is 13.1 Å². The second-order valence-corrected chi connectivity index (χ2v) is 5.93. The largest absolute Gasteiger partial charge is 0.481 e. The number of hydrogen-bond acceptors (Lipinski definition) is 6. The lowest BCUT2D eigenvalue weighted by Crippen LogP contribution is -2.47. The first-order valence-corrected chi connectivity index (χ1v) is 8.18. The van der Waals surface area contributed by atoms with Crippen molar-refractivity contribution in [3.63, 3.8) is 0 Å². The Hall–Kier alpha value is -1.71. The first-order chi connectivity index (χ1) is 11.3. The average Bonchev–Trinajstić information content (AvgIpc) is 2.58. The van der Waals surface area contributed by atoms with Crippen LogP contribution in [-0.2, 0) is 14.4 Å². The molecule has 1 heterocycles. The van der Waals surface area contributed by atoms with Crippen LogP contribution >= 0.6 is 0 Å². The van der Waals surface area contributed by atoms with Crippen LogP contribution in [0.25, 0.3) is 0 Å². The van der Waals surface area contributed by atoms with Gasteiger partial charge in [-0.1, -0.05) is 6.92 Å². The Labute approximate surface area is 141 Å². The molecule has 0 aliphatic carbocycles. The van der Waals surface area contributed by atoms with Gasteiger partial charge in [-0.05, 0) is 13.0 Å². The highest BCUT2D eigenvalue weighted by atomic mass is 16.4. The molecule has 0 amide bonds. The molecule has 0 aromatic heterocycles. The zero-order valence-electron chi connectivity index (χ0n) is 14.1. The van der Waals surface area contributed by atoms with E-state index in [0.29, 0.717) is 32.7 Å². The zero-order valence-corrected chi connectivity index (χ0v) is 14.1. The van der Waals surface area contributed by atoms with Crippen molar-refractivity contribution >= 4 is 17.9 Å². The standard InChI is InChI=1S/C15H27N3O6/c1-2-16-5-6-17(11-14(21)22)8-10-18(9-7-16)12(15(23)24)3-4-13(19)20/h12H,2-11H2,1H3,(H,19,20)(H,21,22)(H,23,24). The molecule has 0 spiro atoms. The van der Waals surface area contributed by atoms with Gasteiger partial charge in [-0.15, -0.1) is 0 Å². The van der Waals surface area contributed by atoms with E-state index in [1.165, 1.54) is 0 Å². The van der Waals surface area contributed by atoms with Gasteiger partial charge in [0.15, 0.2) is 0 Å². The minimum Gasteiger partial charge on any atom is -0.481 e. The Morgan fingerprint density at radius 2 is 1.42 bits per heavy atom. The van der Waals surface area contributed by atoms with E-state index in [4.69, 9.17) is 10.2 Å². The summed E-state index contributed by atoms with van der Waals surface area (Å²) in [6.45, 7) is 6.09.